The molecule has 0 radical (unpaired) electrons. The van der Waals surface area contributed by atoms with Gasteiger partial charge in [0.1, 0.15) is 0 Å². The summed E-state index contributed by atoms with van der Waals surface area (Å²) in [6.07, 6.45) is 4.33. The maximum atomic E-state index is 11.9. The first kappa shape index (κ1) is 17.8. The zero-order valence-corrected chi connectivity index (χ0v) is 14.8. The summed E-state index contributed by atoms with van der Waals surface area (Å²) in [4.78, 5) is 31.4. The Balaban J connectivity index is 1.88. The molecule has 1 aliphatic carbocycles. The quantitative estimate of drug-likeness (QED) is 0.472. The molecule has 1 aliphatic rings. The van der Waals surface area contributed by atoms with E-state index in [2.05, 4.69) is 15.6 Å². The molecule has 7 heteroatoms. The number of hydrogen-bond acceptors (Lipinski definition) is 5. The number of primary amides is 1. The van der Waals surface area contributed by atoms with Gasteiger partial charge in [0.05, 0.1) is 11.4 Å². The molecule has 1 heterocycles. The number of amides is 2. The Labute approximate surface area is 152 Å². The van der Waals surface area contributed by atoms with E-state index < -0.39 is 5.91 Å². The first-order chi connectivity index (χ1) is 12.6. The number of nitrogens with two attached hydrogens (primary N) is 1. The van der Waals surface area contributed by atoms with E-state index >= 15 is 0 Å². The van der Waals surface area contributed by atoms with E-state index in [1.54, 1.807) is 0 Å². The van der Waals surface area contributed by atoms with Gasteiger partial charge < -0.3 is 16.4 Å². The van der Waals surface area contributed by atoms with Crippen LogP contribution in [0.1, 0.15) is 53.1 Å². The highest BCUT2D eigenvalue weighted by atomic mass is 16.1. The molecule has 3 rings (SSSR count). The summed E-state index contributed by atoms with van der Waals surface area (Å²) >= 11 is 0. The highest BCUT2D eigenvalue weighted by molar-refractivity contribution is 5.96. The maximum absolute atomic E-state index is 11.9. The first-order valence-electron chi connectivity index (χ1n) is 8.86. The van der Waals surface area contributed by atoms with E-state index in [0.717, 1.165) is 41.9 Å². The van der Waals surface area contributed by atoms with Crippen LogP contribution in [0.3, 0.4) is 0 Å². The van der Waals surface area contributed by atoms with E-state index in [9.17, 15) is 9.59 Å². The Morgan fingerprint density at radius 2 is 2.15 bits per heavy atom. The molecule has 0 bridgehead atoms. The first-order valence-corrected chi connectivity index (χ1v) is 8.86. The van der Waals surface area contributed by atoms with Crippen LogP contribution in [-0.4, -0.2) is 28.8 Å². The highest BCUT2D eigenvalue weighted by Crippen LogP contribution is 2.41. The molecule has 0 unspecified atom stereocenters. The molecular formula is C19H23N5O2. The van der Waals surface area contributed by atoms with Gasteiger partial charge in [-0.3, -0.25) is 9.59 Å². The van der Waals surface area contributed by atoms with Crippen LogP contribution in [0.2, 0.25) is 0 Å². The van der Waals surface area contributed by atoms with Crippen molar-refractivity contribution in [1.29, 1.82) is 0 Å². The van der Waals surface area contributed by atoms with E-state index in [1.807, 2.05) is 31.2 Å². The van der Waals surface area contributed by atoms with Crippen LogP contribution >= 0.6 is 0 Å². The fraction of sp³-hybridized carbons (Fsp3) is 0.368. The van der Waals surface area contributed by atoms with Crippen LogP contribution in [0, 0.1) is 0 Å². The minimum atomic E-state index is -0.594. The van der Waals surface area contributed by atoms with E-state index in [-0.39, 0.29) is 5.69 Å². The van der Waals surface area contributed by atoms with Crippen molar-refractivity contribution in [2.75, 3.05) is 11.9 Å². The zero-order chi connectivity index (χ0) is 18.5. The number of aromatic nitrogens is 2. The lowest BCUT2D eigenvalue weighted by Gasteiger charge is -2.14. The van der Waals surface area contributed by atoms with Gasteiger partial charge >= 0.3 is 0 Å². The summed E-state index contributed by atoms with van der Waals surface area (Å²) in [5.41, 5.74) is 9.36. The number of hydrogen-bond donors (Lipinski definition) is 3. The predicted octanol–water partition coefficient (Wildman–Crippen LogP) is 2.05. The second kappa shape index (κ2) is 7.95. The summed E-state index contributed by atoms with van der Waals surface area (Å²) in [6.45, 7) is 2.57. The largest absolute Gasteiger partial charge is 0.364 e. The van der Waals surface area contributed by atoms with Gasteiger partial charge in [0.25, 0.3) is 5.91 Å². The molecule has 26 heavy (non-hydrogen) atoms. The second-order valence-corrected chi connectivity index (χ2v) is 6.39. The smallest absolute Gasteiger partial charge is 0.271 e. The molecule has 0 atom stereocenters. The maximum Gasteiger partial charge on any atom is 0.271 e. The molecule has 4 N–H and O–H groups in total. The molecule has 2 aromatic rings. The standard InChI is InChI=1S/C19H23N5O2/c1-2-15-16(13-6-7-13)24-19(17(23-15)18(20)26)22-14-5-3-4-12(10-14)8-9-21-11-25/h3-5,10-11,13H,2,6-9H2,1H3,(H2,20,26)(H,21,25)(H,22,24). The number of carbonyl (C=O) groups is 2. The van der Waals surface area contributed by atoms with E-state index in [4.69, 9.17) is 10.7 Å². The Bertz CT molecular complexity index is 818. The Hall–Kier alpha value is -2.96. The average molecular weight is 353 g/mol. The van der Waals surface area contributed by atoms with E-state index in [1.165, 1.54) is 0 Å². The number of nitrogens with zero attached hydrogens (tertiary/aromatic N) is 2. The number of benzene rings is 1. The van der Waals surface area contributed by atoms with Gasteiger partial charge in [0.15, 0.2) is 11.5 Å². The zero-order valence-electron chi connectivity index (χ0n) is 14.8. The van der Waals surface area contributed by atoms with Crippen LogP contribution in [-0.2, 0) is 17.6 Å². The van der Waals surface area contributed by atoms with Gasteiger partial charge in [-0.15, -0.1) is 0 Å². The summed E-state index contributed by atoms with van der Waals surface area (Å²) < 4.78 is 0. The van der Waals surface area contributed by atoms with Crippen LogP contribution < -0.4 is 16.4 Å². The number of rotatable bonds is 9. The lowest BCUT2D eigenvalue weighted by atomic mass is 10.1. The van der Waals surface area contributed by atoms with Crippen molar-refractivity contribution in [2.24, 2.45) is 5.73 Å². The molecule has 2 amide bonds. The molecule has 0 saturated heterocycles. The number of aryl methyl sites for hydroxylation is 1. The van der Waals surface area contributed by atoms with E-state index in [0.29, 0.717) is 31.1 Å². The Morgan fingerprint density at radius 1 is 1.35 bits per heavy atom. The third-order valence-electron chi connectivity index (χ3n) is 4.36. The summed E-state index contributed by atoms with van der Waals surface area (Å²) in [5, 5.41) is 5.84. The van der Waals surface area contributed by atoms with Crippen molar-refractivity contribution < 1.29 is 9.59 Å². The Kier molecular flexibility index (Phi) is 5.46. The third-order valence-corrected chi connectivity index (χ3v) is 4.36. The van der Waals surface area contributed by atoms with Gasteiger partial charge in [-0.2, -0.15) is 0 Å². The van der Waals surface area contributed by atoms with Crippen LogP contribution in [0.15, 0.2) is 24.3 Å². The molecule has 0 spiro atoms. The minimum absolute atomic E-state index is 0.166. The summed E-state index contributed by atoms with van der Waals surface area (Å²) in [5.74, 6) is 0.240. The van der Waals surface area contributed by atoms with Crippen molar-refractivity contribution in [3.63, 3.8) is 0 Å². The topological polar surface area (TPSA) is 110 Å². The fourth-order valence-corrected chi connectivity index (χ4v) is 2.90. The Morgan fingerprint density at radius 3 is 2.81 bits per heavy atom. The highest BCUT2D eigenvalue weighted by Gasteiger charge is 2.30. The van der Waals surface area contributed by atoms with Gasteiger partial charge in [0.2, 0.25) is 6.41 Å². The summed E-state index contributed by atoms with van der Waals surface area (Å²) in [6, 6.07) is 7.75. The van der Waals surface area contributed by atoms with Crippen molar-refractivity contribution >= 4 is 23.8 Å². The van der Waals surface area contributed by atoms with Crippen LogP contribution in [0.25, 0.3) is 0 Å². The van der Waals surface area contributed by atoms with Crippen LogP contribution in [0.4, 0.5) is 11.5 Å². The molecule has 1 saturated carbocycles. The number of anilines is 2. The molecule has 7 nitrogen and oxygen atoms in total. The molecule has 1 aromatic carbocycles. The molecule has 136 valence electrons. The third kappa shape index (κ3) is 4.17. The van der Waals surface area contributed by atoms with Crippen molar-refractivity contribution in [3.8, 4) is 0 Å². The average Bonchev–Trinajstić information content (AvgIpc) is 3.47. The minimum Gasteiger partial charge on any atom is -0.364 e. The van der Waals surface area contributed by atoms with Gasteiger partial charge in [-0.25, -0.2) is 9.97 Å². The normalized spacial score (nSPS) is 13.3. The molecule has 1 aromatic heterocycles. The van der Waals surface area contributed by atoms with Crippen molar-refractivity contribution in [1.82, 2.24) is 15.3 Å². The van der Waals surface area contributed by atoms with Crippen LogP contribution in [0.5, 0.6) is 0 Å². The summed E-state index contributed by atoms with van der Waals surface area (Å²) in [7, 11) is 0. The van der Waals surface area contributed by atoms with Gasteiger partial charge in [-0.1, -0.05) is 19.1 Å². The van der Waals surface area contributed by atoms with Crippen molar-refractivity contribution in [2.45, 2.75) is 38.5 Å². The number of carbonyl (C=O) groups excluding carboxylic acids is 2. The molecular weight excluding hydrogens is 330 g/mol. The lowest BCUT2D eigenvalue weighted by molar-refractivity contribution is -0.109. The van der Waals surface area contributed by atoms with Gasteiger partial charge in [0, 0.05) is 18.2 Å². The second-order valence-electron chi connectivity index (χ2n) is 6.39. The monoisotopic (exact) mass is 353 g/mol. The molecule has 0 aliphatic heterocycles. The lowest BCUT2D eigenvalue weighted by Crippen LogP contribution is -2.19. The SMILES string of the molecule is CCc1nc(C(N)=O)c(Nc2cccc(CCNC=O)c2)nc1C1CC1. The fourth-order valence-electron chi connectivity index (χ4n) is 2.90. The number of nitrogens with one attached hydrogen (secondary N) is 2. The molecule has 1 fully saturated rings. The van der Waals surface area contributed by atoms with Gasteiger partial charge in [-0.05, 0) is 43.4 Å². The van der Waals surface area contributed by atoms with Crippen molar-refractivity contribution in [3.05, 3.63) is 46.9 Å². The predicted molar refractivity (Wildman–Crippen MR) is 99.4 cm³/mol.